The average Bonchev–Trinajstić information content (AvgIpc) is 0.783. The quantitative estimate of drug-likeness (QED) is 0.0199. The van der Waals surface area contributed by atoms with Gasteiger partial charge in [-0.15, -0.1) is 0 Å². The van der Waals surface area contributed by atoms with Crippen molar-refractivity contribution < 1.29 is 89.4 Å². The Labute approximate surface area is 604 Å². The number of aliphatic hydroxyl groups excluding tert-OH is 11. The van der Waals surface area contributed by atoms with Gasteiger partial charge in [-0.1, -0.05) is 305 Å². The van der Waals surface area contributed by atoms with Crippen LogP contribution in [0, 0.1) is 0 Å². The first-order valence-corrected chi connectivity index (χ1v) is 40.2. The van der Waals surface area contributed by atoms with Gasteiger partial charge < -0.3 is 89.9 Å². The van der Waals surface area contributed by atoms with Crippen molar-refractivity contribution in [3.8, 4) is 0 Å². The predicted molar refractivity (Wildman–Crippen MR) is 397 cm³/mol. The molecule has 19 heteroatoms. The Kier molecular flexibility index (Phi) is 56.1. The maximum Gasteiger partial charge on any atom is 0.220 e. The van der Waals surface area contributed by atoms with Crippen molar-refractivity contribution in [3.05, 3.63) is 72.9 Å². The zero-order chi connectivity index (χ0) is 72.5. The fourth-order valence-corrected chi connectivity index (χ4v) is 13.3. The van der Waals surface area contributed by atoms with Gasteiger partial charge in [0, 0.05) is 6.42 Å². The molecule has 3 rings (SSSR count). The van der Waals surface area contributed by atoms with Crippen molar-refractivity contribution in [2.45, 2.75) is 407 Å². The van der Waals surface area contributed by atoms with E-state index in [2.05, 4.69) is 79.9 Å². The minimum absolute atomic E-state index is 0.237. The van der Waals surface area contributed by atoms with Crippen LogP contribution < -0.4 is 5.32 Å². The number of carbonyl (C=O) groups excluding carboxylic acids is 1. The maximum atomic E-state index is 13.5. The van der Waals surface area contributed by atoms with E-state index in [0.717, 1.165) is 89.9 Å². The first-order chi connectivity index (χ1) is 48.8. The number of unbranched alkanes of at least 4 members (excludes halogenated alkanes) is 37. The highest BCUT2D eigenvalue weighted by molar-refractivity contribution is 5.76. The predicted octanol–water partition coefficient (Wildman–Crippen LogP) is 13.2. The van der Waals surface area contributed by atoms with Gasteiger partial charge in [-0.05, 0) is 64.2 Å². The normalized spacial score (nSPS) is 26.8. The molecule has 0 radical (unpaired) electrons. The van der Waals surface area contributed by atoms with E-state index in [0.29, 0.717) is 6.42 Å². The summed E-state index contributed by atoms with van der Waals surface area (Å²) < 4.78 is 34.5. The summed E-state index contributed by atoms with van der Waals surface area (Å²) in [6.45, 7) is 1.65. The van der Waals surface area contributed by atoms with Gasteiger partial charge in [0.15, 0.2) is 18.9 Å². The highest BCUT2D eigenvalue weighted by Crippen LogP contribution is 2.33. The summed E-state index contributed by atoms with van der Waals surface area (Å²) in [6.07, 6.45) is 53.1. The third kappa shape index (κ3) is 41.2. The number of allylic oxidation sites excluding steroid dienone is 11. The van der Waals surface area contributed by atoms with E-state index in [1.165, 1.54) is 186 Å². The third-order valence-corrected chi connectivity index (χ3v) is 19.8. The van der Waals surface area contributed by atoms with Gasteiger partial charge >= 0.3 is 0 Å². The molecule has 1 amide bonds. The van der Waals surface area contributed by atoms with Crippen molar-refractivity contribution in [1.82, 2.24) is 5.32 Å². The maximum absolute atomic E-state index is 13.5. The third-order valence-electron chi connectivity index (χ3n) is 19.8. The highest BCUT2D eigenvalue weighted by Gasteiger charge is 2.54. The second-order valence-electron chi connectivity index (χ2n) is 28.5. The standard InChI is InChI=1S/C81H145NO18/c1-3-5-7-9-11-13-15-17-19-21-23-25-27-29-31-33-34-36-38-40-42-44-46-48-50-52-54-56-58-65(86)64(82-69(87)59-57-55-53-51-49-47-45-43-41-39-37-35-32-30-28-26-24-22-20-18-16-14-12-10-8-6-4-2)63-95-79-75(93)72(90)77(67(61-84)97-79)100-81-76(94)73(91)78(68(62-85)98-81)99-80-74(92)71(89)70(88)66(60-83)96-80/h6,8,12,14,18,20,24,26,30,32,56,58,64-68,70-81,83-86,88-94H,3-5,7,9-11,13,15-17,19,21-23,25,27-29,31,33-55,57,59-63H2,1-2H3,(H,82,87)/b8-6-,14-12-,20-18-,26-24-,32-30-,58-56+. The van der Waals surface area contributed by atoms with E-state index < -0.39 is 124 Å². The topological polar surface area (TPSA) is 307 Å². The fraction of sp³-hybridized carbons (Fsp3) is 0.840. The van der Waals surface area contributed by atoms with Crippen molar-refractivity contribution in [2.24, 2.45) is 0 Å². The van der Waals surface area contributed by atoms with Gasteiger partial charge in [0.2, 0.25) is 5.91 Å². The number of hydrogen-bond acceptors (Lipinski definition) is 18. The molecule has 0 bridgehead atoms. The lowest BCUT2D eigenvalue weighted by atomic mass is 9.96. The summed E-state index contributed by atoms with van der Waals surface area (Å²) >= 11 is 0. The van der Waals surface area contributed by atoms with E-state index in [1.54, 1.807) is 6.08 Å². The first kappa shape index (κ1) is 91.4. The van der Waals surface area contributed by atoms with Crippen LogP contribution in [0.1, 0.15) is 303 Å². The van der Waals surface area contributed by atoms with Crippen LogP contribution in [-0.2, 0) is 33.2 Å². The minimum atomic E-state index is -1.98. The number of rotatable bonds is 63. The second-order valence-corrected chi connectivity index (χ2v) is 28.5. The van der Waals surface area contributed by atoms with Crippen LogP contribution in [0.5, 0.6) is 0 Å². The molecule has 0 spiro atoms. The zero-order valence-electron chi connectivity index (χ0n) is 62.2. The summed E-state index contributed by atoms with van der Waals surface area (Å²) in [5, 5.41) is 121. The molecular formula is C81H145NO18. The van der Waals surface area contributed by atoms with Crippen LogP contribution in [0.2, 0.25) is 0 Å². The van der Waals surface area contributed by atoms with Crippen LogP contribution >= 0.6 is 0 Å². The number of hydrogen-bond donors (Lipinski definition) is 12. The molecule has 0 saturated carbocycles. The van der Waals surface area contributed by atoms with Gasteiger partial charge in [0.05, 0.1) is 38.6 Å². The molecule has 0 aromatic carbocycles. The minimum Gasteiger partial charge on any atom is -0.394 e. The summed E-state index contributed by atoms with van der Waals surface area (Å²) in [7, 11) is 0. The molecular weight excluding hydrogens is 1270 g/mol. The zero-order valence-corrected chi connectivity index (χ0v) is 62.2. The van der Waals surface area contributed by atoms with E-state index in [4.69, 9.17) is 28.4 Å². The fourth-order valence-electron chi connectivity index (χ4n) is 13.3. The molecule has 3 aliphatic heterocycles. The number of nitrogens with one attached hydrogen (secondary N) is 1. The van der Waals surface area contributed by atoms with Gasteiger partial charge in [0.25, 0.3) is 0 Å². The smallest absolute Gasteiger partial charge is 0.220 e. The lowest BCUT2D eigenvalue weighted by Gasteiger charge is -2.48. The van der Waals surface area contributed by atoms with Crippen LogP contribution in [0.3, 0.4) is 0 Å². The Hall–Kier alpha value is -2.77. The van der Waals surface area contributed by atoms with Crippen LogP contribution in [0.25, 0.3) is 0 Å². The van der Waals surface area contributed by atoms with Gasteiger partial charge in [-0.2, -0.15) is 0 Å². The molecule has 582 valence electrons. The second kappa shape index (κ2) is 61.4. The molecule has 0 aliphatic carbocycles. The van der Waals surface area contributed by atoms with Gasteiger partial charge in [-0.3, -0.25) is 4.79 Å². The molecule has 3 heterocycles. The monoisotopic (exact) mass is 1420 g/mol. The molecule has 17 unspecified atom stereocenters. The van der Waals surface area contributed by atoms with Crippen molar-refractivity contribution in [1.29, 1.82) is 0 Å². The van der Waals surface area contributed by atoms with Crippen LogP contribution in [-0.4, -0.2) is 193 Å². The van der Waals surface area contributed by atoms with Crippen molar-refractivity contribution >= 4 is 5.91 Å². The summed E-state index contributed by atoms with van der Waals surface area (Å²) in [6, 6.07) is -0.980. The number of ether oxygens (including phenoxy) is 6. The first-order valence-electron chi connectivity index (χ1n) is 40.2. The van der Waals surface area contributed by atoms with Crippen LogP contribution in [0.15, 0.2) is 72.9 Å². The largest absolute Gasteiger partial charge is 0.394 e. The Morgan fingerprint density at radius 2 is 0.690 bits per heavy atom. The summed E-state index contributed by atoms with van der Waals surface area (Å²) in [4.78, 5) is 13.5. The number of aliphatic hydroxyl groups is 11. The molecule has 3 fully saturated rings. The molecule has 100 heavy (non-hydrogen) atoms. The van der Waals surface area contributed by atoms with Crippen LogP contribution in [0.4, 0.5) is 0 Å². The van der Waals surface area contributed by atoms with E-state index in [9.17, 15) is 61.0 Å². The van der Waals surface area contributed by atoms with Gasteiger partial charge in [-0.25, -0.2) is 0 Å². The Morgan fingerprint density at radius 1 is 0.370 bits per heavy atom. The lowest BCUT2D eigenvalue weighted by molar-refractivity contribution is -0.379. The SMILES string of the molecule is CC/C=C\C/C=C\C/C=C\C/C=C\C/C=C\CCCCCCCCCCCCCC(=O)NC(COC1OC(CO)C(OC2OC(CO)C(OC3OC(CO)C(O)C(O)C3O)C(O)C2O)C(O)C1O)C(O)/C=C/CCCCCCCCCCCCCCCCCCCCCCCCCCCC. The molecule has 3 aliphatic rings. The van der Waals surface area contributed by atoms with Crippen molar-refractivity contribution in [3.63, 3.8) is 0 Å². The molecule has 0 aromatic heterocycles. The number of amides is 1. The highest BCUT2D eigenvalue weighted by atomic mass is 16.8. The lowest BCUT2D eigenvalue weighted by Crippen LogP contribution is -2.66. The Bertz CT molecular complexity index is 2090. The number of carbonyl (C=O) groups is 1. The van der Waals surface area contributed by atoms with Gasteiger partial charge in [0.1, 0.15) is 73.2 Å². The van der Waals surface area contributed by atoms with E-state index >= 15 is 0 Å². The van der Waals surface area contributed by atoms with Crippen molar-refractivity contribution in [2.75, 3.05) is 26.4 Å². The summed E-state index contributed by atoms with van der Waals surface area (Å²) in [5.74, 6) is -0.278. The molecule has 3 saturated heterocycles. The average molecular weight is 1420 g/mol. The molecule has 0 aromatic rings. The Balaban J connectivity index is 1.39. The summed E-state index contributed by atoms with van der Waals surface area (Å²) in [5.41, 5.74) is 0. The molecule has 17 atom stereocenters. The Morgan fingerprint density at radius 3 is 1.08 bits per heavy atom. The molecule has 19 nitrogen and oxygen atoms in total. The molecule has 12 N–H and O–H groups in total. The van der Waals surface area contributed by atoms with E-state index in [1.807, 2.05) is 6.08 Å². The van der Waals surface area contributed by atoms with E-state index in [-0.39, 0.29) is 18.9 Å².